The topological polar surface area (TPSA) is 102 Å². The van der Waals surface area contributed by atoms with Crippen LogP contribution in [0, 0.1) is 0 Å². The van der Waals surface area contributed by atoms with Crippen LogP contribution in [0.2, 0.25) is 0 Å². The van der Waals surface area contributed by atoms with E-state index in [1.165, 1.54) is 6.07 Å². The summed E-state index contributed by atoms with van der Waals surface area (Å²) in [5.74, 6) is 0.531. The van der Waals surface area contributed by atoms with E-state index in [1.807, 2.05) is 25.2 Å². The largest absolute Gasteiger partial charge is 0.507 e. The minimum absolute atomic E-state index is 0. The minimum atomic E-state index is -0.536. The molecule has 0 aliphatic rings. The predicted octanol–water partition coefficient (Wildman–Crippen LogP) is 3.31. The lowest BCUT2D eigenvalue weighted by molar-refractivity contribution is 0.319. The van der Waals surface area contributed by atoms with Crippen molar-refractivity contribution in [3.63, 3.8) is 0 Å². The Kier molecular flexibility index (Phi) is 7.82. The van der Waals surface area contributed by atoms with Gasteiger partial charge in [-0.05, 0) is 31.3 Å². The first-order valence-corrected chi connectivity index (χ1v) is 8.60. The molecule has 0 saturated heterocycles. The van der Waals surface area contributed by atoms with Crippen molar-refractivity contribution in [2.75, 3.05) is 20.2 Å². The number of aromatic hydroxyl groups is 1. The van der Waals surface area contributed by atoms with Crippen molar-refractivity contribution in [2.24, 2.45) is 0 Å². The molecule has 29 heavy (non-hydrogen) atoms. The highest BCUT2D eigenvalue weighted by atomic mass is 35.5. The van der Waals surface area contributed by atoms with Crippen LogP contribution in [0.1, 0.15) is 0 Å². The van der Waals surface area contributed by atoms with E-state index in [0.29, 0.717) is 28.9 Å². The van der Waals surface area contributed by atoms with Crippen LogP contribution in [0.15, 0.2) is 79.1 Å². The Morgan fingerprint density at radius 2 is 1.45 bits per heavy atom. The van der Waals surface area contributed by atoms with E-state index in [2.05, 4.69) is 5.32 Å². The number of likely N-dealkylation sites (N-methyl/N-ethyl adjacent to an activating group) is 1. The lowest BCUT2D eigenvalue weighted by Crippen LogP contribution is -2.16. The van der Waals surface area contributed by atoms with Crippen LogP contribution in [0.5, 0.6) is 11.5 Å². The lowest BCUT2D eigenvalue weighted by Gasteiger charge is -2.07. The van der Waals surface area contributed by atoms with Gasteiger partial charge >= 0.3 is 11.3 Å². The zero-order chi connectivity index (χ0) is 19.9. The van der Waals surface area contributed by atoms with Crippen molar-refractivity contribution in [1.29, 1.82) is 0 Å². The minimum Gasteiger partial charge on any atom is -0.507 e. The van der Waals surface area contributed by atoms with E-state index >= 15 is 0 Å². The molecule has 0 saturated carbocycles. The van der Waals surface area contributed by atoms with Crippen LogP contribution >= 0.6 is 12.4 Å². The van der Waals surface area contributed by atoms with Gasteiger partial charge in [0.1, 0.15) is 29.3 Å². The highest BCUT2D eigenvalue weighted by Crippen LogP contribution is 2.23. The Labute approximate surface area is 171 Å². The van der Waals surface area contributed by atoms with Crippen molar-refractivity contribution < 1.29 is 18.7 Å². The summed E-state index contributed by atoms with van der Waals surface area (Å²) in [4.78, 5) is 22.1. The van der Waals surface area contributed by atoms with Gasteiger partial charge in [0.2, 0.25) is 0 Å². The monoisotopic (exact) mass is 417 g/mol. The number of nitrogens with one attached hydrogen (secondary N) is 1. The van der Waals surface area contributed by atoms with Gasteiger partial charge in [0.25, 0.3) is 0 Å². The zero-order valence-electron chi connectivity index (χ0n) is 15.6. The highest BCUT2D eigenvalue weighted by molar-refractivity contribution is 5.85. The van der Waals surface area contributed by atoms with Crippen LogP contribution in [-0.4, -0.2) is 25.3 Å². The van der Waals surface area contributed by atoms with Crippen molar-refractivity contribution >= 4 is 34.3 Å². The summed E-state index contributed by atoms with van der Waals surface area (Å²) in [6, 6.07) is 16.6. The van der Waals surface area contributed by atoms with Crippen LogP contribution in [-0.2, 0) is 0 Å². The first-order valence-electron chi connectivity index (χ1n) is 8.60. The maximum atomic E-state index is 11.3. The lowest BCUT2D eigenvalue weighted by atomic mass is 10.2. The van der Waals surface area contributed by atoms with Gasteiger partial charge in [-0.25, -0.2) is 9.59 Å². The van der Waals surface area contributed by atoms with Gasteiger partial charge in [-0.1, -0.05) is 24.3 Å². The summed E-state index contributed by atoms with van der Waals surface area (Å²) in [6.45, 7) is 1.25. The predicted molar refractivity (Wildman–Crippen MR) is 113 cm³/mol. The van der Waals surface area contributed by atoms with E-state index in [9.17, 15) is 14.7 Å². The maximum Gasteiger partial charge on any atom is 0.339 e. The van der Waals surface area contributed by atoms with Crippen LogP contribution in [0.4, 0.5) is 0 Å². The molecule has 0 bridgehead atoms. The Bertz CT molecular complexity index is 1200. The summed E-state index contributed by atoms with van der Waals surface area (Å²) in [6.07, 6.45) is 0. The molecule has 0 amide bonds. The highest BCUT2D eigenvalue weighted by Gasteiger charge is 2.05. The average molecular weight is 418 g/mol. The van der Waals surface area contributed by atoms with E-state index in [-0.39, 0.29) is 18.2 Å². The second-order valence-corrected chi connectivity index (χ2v) is 5.82. The van der Waals surface area contributed by atoms with Gasteiger partial charge in [0.05, 0.1) is 22.9 Å². The van der Waals surface area contributed by atoms with Crippen LogP contribution < -0.4 is 21.3 Å². The van der Waals surface area contributed by atoms with Gasteiger partial charge in [-0.2, -0.15) is 0 Å². The number of fused-ring (bicyclic) bond motifs is 2. The number of ether oxygens (including phenoxy) is 1. The molecular weight excluding hydrogens is 398 g/mol. The van der Waals surface area contributed by atoms with Gasteiger partial charge in [0.15, 0.2) is 0 Å². The Morgan fingerprint density at radius 1 is 0.897 bits per heavy atom. The molecule has 4 aromatic rings. The molecule has 2 aromatic carbocycles. The molecule has 7 nitrogen and oxygen atoms in total. The third-order valence-electron chi connectivity index (χ3n) is 3.85. The van der Waals surface area contributed by atoms with E-state index < -0.39 is 11.3 Å². The number of halogens is 1. The standard InChI is InChI=1S/C12H13NO3.C9H6O3.ClH/c1-13-6-7-15-11-8-12(14)16-10-5-3-2-4-9(10)11;10-7-5-9(11)12-8-4-2-1-3-6(7)8;/h2-5,8,13H,6-7H2,1H3;1-5,10H;1H. The SMILES string of the molecule is CNCCOc1cc(=O)oc2ccccc12.Cl.O=c1cc(O)c2ccccc2o1. The van der Waals surface area contributed by atoms with Gasteiger partial charge in [0, 0.05) is 6.54 Å². The van der Waals surface area contributed by atoms with E-state index in [0.717, 1.165) is 18.0 Å². The summed E-state index contributed by atoms with van der Waals surface area (Å²) < 4.78 is 15.4. The summed E-state index contributed by atoms with van der Waals surface area (Å²) in [5.41, 5.74) is 0.0290. The molecule has 0 spiro atoms. The average Bonchev–Trinajstić information content (AvgIpc) is 2.68. The number of para-hydroxylation sites is 2. The molecule has 2 N–H and O–H groups in total. The van der Waals surface area contributed by atoms with Crippen molar-refractivity contribution in [3.05, 3.63) is 81.5 Å². The van der Waals surface area contributed by atoms with Crippen molar-refractivity contribution in [3.8, 4) is 11.5 Å². The van der Waals surface area contributed by atoms with Crippen molar-refractivity contribution in [1.82, 2.24) is 5.32 Å². The van der Waals surface area contributed by atoms with E-state index in [1.54, 1.807) is 30.3 Å². The maximum absolute atomic E-state index is 11.3. The van der Waals surface area contributed by atoms with Crippen LogP contribution in [0.3, 0.4) is 0 Å². The molecule has 0 aliphatic carbocycles. The Hall–Kier alpha value is -3.29. The van der Waals surface area contributed by atoms with Crippen LogP contribution in [0.25, 0.3) is 21.9 Å². The van der Waals surface area contributed by atoms with Crippen molar-refractivity contribution in [2.45, 2.75) is 0 Å². The van der Waals surface area contributed by atoms with Gasteiger partial charge in [-0.15, -0.1) is 12.4 Å². The number of benzene rings is 2. The molecule has 2 heterocycles. The molecule has 8 heteroatoms. The third-order valence-corrected chi connectivity index (χ3v) is 3.85. The van der Waals surface area contributed by atoms with Gasteiger partial charge < -0.3 is 24.0 Å². The molecule has 0 atom stereocenters. The summed E-state index contributed by atoms with van der Waals surface area (Å²) in [5, 5.41) is 13.6. The fraction of sp³-hybridized carbons (Fsp3) is 0.143. The molecule has 0 radical (unpaired) electrons. The summed E-state index contributed by atoms with van der Waals surface area (Å²) in [7, 11) is 1.85. The molecule has 152 valence electrons. The smallest absolute Gasteiger partial charge is 0.339 e. The zero-order valence-corrected chi connectivity index (χ0v) is 16.4. The number of rotatable bonds is 4. The molecule has 0 unspecified atom stereocenters. The molecule has 0 aliphatic heterocycles. The molecule has 2 aromatic heterocycles. The Balaban J connectivity index is 0.000000207. The molecular formula is C21H20ClNO6. The molecule has 0 fully saturated rings. The van der Waals surface area contributed by atoms with Gasteiger partial charge in [-0.3, -0.25) is 0 Å². The fourth-order valence-electron chi connectivity index (χ4n) is 2.56. The number of hydrogen-bond acceptors (Lipinski definition) is 7. The Morgan fingerprint density at radius 3 is 2.10 bits per heavy atom. The molecule has 4 rings (SSSR count). The quantitative estimate of drug-likeness (QED) is 0.388. The second kappa shape index (κ2) is 10.3. The summed E-state index contributed by atoms with van der Waals surface area (Å²) >= 11 is 0. The first-order chi connectivity index (χ1) is 13.6. The first kappa shape index (κ1) is 22.0. The normalized spacial score (nSPS) is 10.1. The second-order valence-electron chi connectivity index (χ2n) is 5.82. The fourth-order valence-corrected chi connectivity index (χ4v) is 2.56. The van der Waals surface area contributed by atoms with E-state index in [4.69, 9.17) is 13.6 Å². The third kappa shape index (κ3) is 5.60. The number of hydrogen-bond donors (Lipinski definition) is 2.